The summed E-state index contributed by atoms with van der Waals surface area (Å²) in [5, 5.41) is 11.6. The molecule has 1 atom stereocenters. The molecule has 2 aliphatic rings. The van der Waals surface area contributed by atoms with Crippen LogP contribution in [0.3, 0.4) is 0 Å². The van der Waals surface area contributed by atoms with Crippen LogP contribution in [0.5, 0.6) is 0 Å². The van der Waals surface area contributed by atoms with Crippen LogP contribution >= 0.6 is 0 Å². The zero-order chi connectivity index (χ0) is 15.6. The van der Waals surface area contributed by atoms with Crippen molar-refractivity contribution in [2.45, 2.75) is 51.0 Å². The molecule has 3 rings (SSSR count). The average Bonchev–Trinajstić information content (AvgIpc) is 2.82. The number of nitrogens with zero attached hydrogens (tertiary/aromatic N) is 1. The molecular formula is C18H25N3O. The Bertz CT molecular complexity index is 551. The van der Waals surface area contributed by atoms with Gasteiger partial charge in [0.1, 0.15) is 5.54 Å². The molecule has 1 aliphatic carbocycles. The lowest BCUT2D eigenvalue weighted by Crippen LogP contribution is -2.51. The van der Waals surface area contributed by atoms with Crippen molar-refractivity contribution in [3.63, 3.8) is 0 Å². The number of carbonyl (C=O) groups is 1. The molecule has 1 saturated carbocycles. The summed E-state index contributed by atoms with van der Waals surface area (Å²) in [5.41, 5.74) is 0.281. The van der Waals surface area contributed by atoms with E-state index in [1.54, 1.807) is 4.90 Å². The third-order valence-corrected chi connectivity index (χ3v) is 5.06. The molecule has 1 amide bonds. The molecule has 0 spiro atoms. The van der Waals surface area contributed by atoms with Crippen molar-refractivity contribution in [1.82, 2.24) is 10.2 Å². The molecule has 2 N–H and O–H groups in total. The van der Waals surface area contributed by atoms with E-state index in [1.807, 2.05) is 37.3 Å². The number of nitrogens with one attached hydrogen (secondary N) is 2. The summed E-state index contributed by atoms with van der Waals surface area (Å²) in [6.07, 6.45) is 6.59. The first-order chi connectivity index (χ1) is 10.7. The second-order valence-corrected chi connectivity index (χ2v) is 6.44. The van der Waals surface area contributed by atoms with Crippen LogP contribution in [0.25, 0.3) is 0 Å². The van der Waals surface area contributed by atoms with Gasteiger partial charge in [-0.1, -0.05) is 56.5 Å². The van der Waals surface area contributed by atoms with Gasteiger partial charge in [-0.05, 0) is 30.7 Å². The number of rotatable bonds is 4. The van der Waals surface area contributed by atoms with Gasteiger partial charge in [0.2, 0.25) is 0 Å². The van der Waals surface area contributed by atoms with E-state index in [9.17, 15) is 4.79 Å². The second kappa shape index (κ2) is 6.11. The van der Waals surface area contributed by atoms with Crippen LogP contribution in [0.4, 0.5) is 0 Å². The lowest BCUT2D eigenvalue weighted by molar-refractivity contribution is -0.134. The predicted octanol–water partition coefficient (Wildman–Crippen LogP) is 3.24. The Labute approximate surface area is 132 Å². The molecule has 1 heterocycles. The monoisotopic (exact) mass is 299 g/mol. The highest BCUT2D eigenvalue weighted by molar-refractivity contribution is 6.08. The van der Waals surface area contributed by atoms with E-state index in [4.69, 9.17) is 5.41 Å². The van der Waals surface area contributed by atoms with Crippen LogP contribution in [0, 0.1) is 11.3 Å². The molecule has 1 aromatic rings. The Kier molecular flexibility index (Phi) is 4.19. The Morgan fingerprint density at radius 1 is 1.23 bits per heavy atom. The number of guanidine groups is 1. The molecule has 4 nitrogen and oxygen atoms in total. The van der Waals surface area contributed by atoms with Crippen molar-refractivity contribution in [1.29, 1.82) is 5.41 Å². The number of hydrogen-bond donors (Lipinski definition) is 2. The first-order valence-electron chi connectivity index (χ1n) is 8.44. The molecule has 1 aliphatic heterocycles. The van der Waals surface area contributed by atoms with E-state index in [-0.39, 0.29) is 17.8 Å². The fraction of sp³-hybridized carbons (Fsp3) is 0.556. The highest BCUT2D eigenvalue weighted by Gasteiger charge is 2.55. The van der Waals surface area contributed by atoms with Gasteiger partial charge in [-0.3, -0.25) is 15.1 Å². The first kappa shape index (κ1) is 15.1. The van der Waals surface area contributed by atoms with Crippen molar-refractivity contribution in [2.24, 2.45) is 5.92 Å². The summed E-state index contributed by atoms with van der Waals surface area (Å²) < 4.78 is 0. The Hall–Kier alpha value is -1.84. The molecule has 118 valence electrons. The van der Waals surface area contributed by atoms with Gasteiger partial charge >= 0.3 is 0 Å². The van der Waals surface area contributed by atoms with Gasteiger partial charge in [0, 0.05) is 6.54 Å². The van der Waals surface area contributed by atoms with E-state index >= 15 is 0 Å². The van der Waals surface area contributed by atoms with Crippen LogP contribution in [0.2, 0.25) is 0 Å². The number of amides is 1. The fourth-order valence-corrected chi connectivity index (χ4v) is 4.00. The van der Waals surface area contributed by atoms with Gasteiger partial charge in [0.25, 0.3) is 5.91 Å². The number of benzene rings is 1. The maximum absolute atomic E-state index is 13.3. The predicted molar refractivity (Wildman–Crippen MR) is 87.6 cm³/mol. The average molecular weight is 299 g/mol. The van der Waals surface area contributed by atoms with Crippen LogP contribution in [0.1, 0.15) is 51.0 Å². The summed E-state index contributed by atoms with van der Waals surface area (Å²) in [4.78, 5) is 14.9. The summed E-state index contributed by atoms with van der Waals surface area (Å²) in [5.74, 6) is 0.608. The topological polar surface area (TPSA) is 56.2 Å². The minimum atomic E-state index is -0.728. The van der Waals surface area contributed by atoms with Crippen molar-refractivity contribution in [3.8, 4) is 0 Å². The van der Waals surface area contributed by atoms with Crippen LogP contribution in [-0.2, 0) is 10.3 Å². The zero-order valence-corrected chi connectivity index (χ0v) is 13.3. The van der Waals surface area contributed by atoms with Crippen molar-refractivity contribution in [2.75, 3.05) is 6.54 Å². The molecule has 1 saturated heterocycles. The lowest BCUT2D eigenvalue weighted by Gasteiger charge is -2.38. The summed E-state index contributed by atoms with van der Waals surface area (Å²) >= 11 is 0. The van der Waals surface area contributed by atoms with Gasteiger partial charge in [0.15, 0.2) is 5.96 Å². The van der Waals surface area contributed by atoms with Crippen molar-refractivity contribution in [3.05, 3.63) is 35.9 Å². The SMILES string of the molecule is CCCN1C(=N)NC(c2ccccc2)(C2CCCCC2)C1=O. The van der Waals surface area contributed by atoms with Crippen LogP contribution in [0.15, 0.2) is 30.3 Å². The van der Waals surface area contributed by atoms with E-state index in [0.29, 0.717) is 6.54 Å². The molecule has 2 fully saturated rings. The lowest BCUT2D eigenvalue weighted by atomic mass is 9.71. The van der Waals surface area contributed by atoms with E-state index < -0.39 is 5.54 Å². The largest absolute Gasteiger partial charge is 0.338 e. The summed E-state index contributed by atoms with van der Waals surface area (Å²) in [6, 6.07) is 10.0. The van der Waals surface area contributed by atoms with Gasteiger partial charge in [-0.25, -0.2) is 0 Å². The Morgan fingerprint density at radius 2 is 1.91 bits per heavy atom. The third kappa shape index (κ3) is 2.31. The highest BCUT2D eigenvalue weighted by atomic mass is 16.2. The quantitative estimate of drug-likeness (QED) is 0.896. The Morgan fingerprint density at radius 3 is 2.55 bits per heavy atom. The van der Waals surface area contributed by atoms with Gasteiger partial charge in [0.05, 0.1) is 0 Å². The summed E-state index contributed by atoms with van der Waals surface area (Å²) in [6.45, 7) is 2.66. The maximum atomic E-state index is 13.3. The molecule has 4 heteroatoms. The second-order valence-electron chi connectivity index (χ2n) is 6.44. The third-order valence-electron chi connectivity index (χ3n) is 5.06. The number of hydrogen-bond acceptors (Lipinski definition) is 2. The molecule has 0 bridgehead atoms. The van der Waals surface area contributed by atoms with Crippen molar-refractivity contribution < 1.29 is 4.79 Å². The standard InChI is InChI=1S/C18H25N3O/c1-2-13-21-16(22)18(20-17(21)19,14-9-5-3-6-10-14)15-11-7-4-8-12-15/h3,5-6,9-10,15H,2,4,7-8,11-13H2,1H3,(H2,19,20). The molecule has 1 unspecified atom stereocenters. The van der Waals surface area contributed by atoms with E-state index in [0.717, 1.165) is 24.8 Å². The van der Waals surface area contributed by atoms with Gasteiger partial charge in [-0.2, -0.15) is 0 Å². The zero-order valence-electron chi connectivity index (χ0n) is 13.3. The molecule has 0 aromatic heterocycles. The highest BCUT2D eigenvalue weighted by Crippen LogP contribution is 2.43. The van der Waals surface area contributed by atoms with E-state index in [1.165, 1.54) is 19.3 Å². The van der Waals surface area contributed by atoms with Crippen molar-refractivity contribution >= 4 is 11.9 Å². The molecular weight excluding hydrogens is 274 g/mol. The maximum Gasteiger partial charge on any atom is 0.259 e. The molecule has 22 heavy (non-hydrogen) atoms. The molecule has 0 radical (unpaired) electrons. The Balaban J connectivity index is 2.04. The minimum absolute atomic E-state index is 0.0671. The van der Waals surface area contributed by atoms with Gasteiger partial charge in [-0.15, -0.1) is 0 Å². The van der Waals surface area contributed by atoms with Crippen LogP contribution in [-0.4, -0.2) is 23.3 Å². The first-order valence-corrected chi connectivity index (χ1v) is 8.44. The normalized spacial score (nSPS) is 26.3. The van der Waals surface area contributed by atoms with Gasteiger partial charge < -0.3 is 5.32 Å². The molecule has 1 aromatic carbocycles. The van der Waals surface area contributed by atoms with Crippen LogP contribution < -0.4 is 5.32 Å². The number of carbonyl (C=O) groups excluding carboxylic acids is 1. The minimum Gasteiger partial charge on any atom is -0.338 e. The van der Waals surface area contributed by atoms with E-state index in [2.05, 4.69) is 5.32 Å². The smallest absolute Gasteiger partial charge is 0.259 e. The summed E-state index contributed by atoms with van der Waals surface area (Å²) in [7, 11) is 0. The fourth-order valence-electron chi connectivity index (χ4n) is 4.00.